The van der Waals surface area contributed by atoms with Gasteiger partial charge in [-0.15, -0.1) is 0 Å². The summed E-state index contributed by atoms with van der Waals surface area (Å²) in [5.74, 6) is 0.966. The Bertz CT molecular complexity index is 599. The van der Waals surface area contributed by atoms with E-state index in [1.165, 1.54) is 0 Å². The van der Waals surface area contributed by atoms with Crippen molar-refractivity contribution in [1.29, 1.82) is 0 Å². The first kappa shape index (κ1) is 12.2. The van der Waals surface area contributed by atoms with E-state index >= 15 is 0 Å². The number of hydrogen-bond acceptors (Lipinski definition) is 6. The van der Waals surface area contributed by atoms with E-state index in [0.717, 1.165) is 0 Å². The van der Waals surface area contributed by atoms with Crippen LogP contribution in [0.4, 0.5) is 11.6 Å². The molecule has 0 radical (unpaired) electrons. The predicted octanol–water partition coefficient (Wildman–Crippen LogP) is 0.263. The molecule has 0 aliphatic carbocycles. The molecule has 1 fully saturated rings. The average Bonchev–Trinajstić information content (AvgIpc) is 2.95. The van der Waals surface area contributed by atoms with Crippen LogP contribution in [0, 0.1) is 0 Å². The molecule has 0 amide bonds. The molecular formula is C12H17N5O2. The van der Waals surface area contributed by atoms with Crippen LogP contribution in [0.2, 0.25) is 0 Å². The molecule has 2 aromatic rings. The van der Waals surface area contributed by atoms with Gasteiger partial charge < -0.3 is 25.3 Å². The molecule has 3 rings (SSSR count). The van der Waals surface area contributed by atoms with Crippen LogP contribution in [0.25, 0.3) is 5.65 Å². The van der Waals surface area contributed by atoms with Crippen molar-refractivity contribution in [3.63, 3.8) is 0 Å². The first-order valence-corrected chi connectivity index (χ1v) is 6.25. The van der Waals surface area contributed by atoms with Gasteiger partial charge in [0.1, 0.15) is 11.4 Å². The van der Waals surface area contributed by atoms with Crippen molar-refractivity contribution < 1.29 is 9.84 Å². The maximum atomic E-state index is 10.4. The first-order chi connectivity index (χ1) is 9.08. The van der Waals surface area contributed by atoms with E-state index in [4.69, 9.17) is 10.5 Å². The minimum absolute atomic E-state index is 0.197. The third-order valence-electron chi connectivity index (χ3n) is 3.61. The van der Waals surface area contributed by atoms with Crippen molar-refractivity contribution in [1.82, 2.24) is 14.4 Å². The lowest BCUT2D eigenvalue weighted by molar-refractivity contribution is -0.0176. The zero-order valence-corrected chi connectivity index (χ0v) is 10.7. The van der Waals surface area contributed by atoms with Gasteiger partial charge in [0.25, 0.3) is 0 Å². The summed E-state index contributed by atoms with van der Waals surface area (Å²) in [5.41, 5.74) is 5.55. The van der Waals surface area contributed by atoms with Gasteiger partial charge in [0.15, 0.2) is 11.5 Å². The quantitative estimate of drug-likeness (QED) is 0.735. The van der Waals surface area contributed by atoms with E-state index in [1.807, 2.05) is 6.92 Å². The van der Waals surface area contributed by atoms with Crippen molar-refractivity contribution in [3.8, 4) is 0 Å². The molecule has 2 unspecified atom stereocenters. The van der Waals surface area contributed by atoms with Gasteiger partial charge >= 0.3 is 0 Å². The van der Waals surface area contributed by atoms with Gasteiger partial charge in [-0.05, 0) is 6.92 Å². The Morgan fingerprint density at radius 3 is 3.26 bits per heavy atom. The molecule has 7 nitrogen and oxygen atoms in total. The molecule has 4 N–H and O–H groups in total. The molecule has 7 heteroatoms. The summed E-state index contributed by atoms with van der Waals surface area (Å²) in [4.78, 5) is 8.44. The van der Waals surface area contributed by atoms with Crippen LogP contribution in [0.15, 0.2) is 18.6 Å². The number of nitrogens with two attached hydrogens (primary N) is 1. The highest BCUT2D eigenvalue weighted by Gasteiger charge is 2.39. The van der Waals surface area contributed by atoms with Crippen LogP contribution in [0.1, 0.15) is 13.3 Å². The maximum absolute atomic E-state index is 10.4. The van der Waals surface area contributed by atoms with Gasteiger partial charge in [0, 0.05) is 32.0 Å². The number of hydrogen-bond donors (Lipinski definition) is 3. The van der Waals surface area contributed by atoms with Crippen molar-refractivity contribution in [3.05, 3.63) is 18.6 Å². The molecule has 1 aliphatic heterocycles. The van der Waals surface area contributed by atoms with E-state index in [9.17, 15) is 5.11 Å². The van der Waals surface area contributed by atoms with Crippen molar-refractivity contribution in [2.45, 2.75) is 25.0 Å². The number of nitrogens with one attached hydrogen (secondary N) is 1. The standard InChI is InChI=1S/C12H17N5O2/c1-8-12(18,2-5-19-8)7-15-10-11-14-3-4-17(11)6-9(13)16-10/h3-4,6,8,18H,2,5,7,13H2,1H3,(H,15,16). The molecule has 2 aromatic heterocycles. The third-order valence-corrected chi connectivity index (χ3v) is 3.61. The highest BCUT2D eigenvalue weighted by Crippen LogP contribution is 2.26. The topological polar surface area (TPSA) is 97.7 Å². The summed E-state index contributed by atoms with van der Waals surface area (Å²) < 4.78 is 7.19. The van der Waals surface area contributed by atoms with E-state index in [1.54, 1.807) is 23.0 Å². The zero-order chi connectivity index (χ0) is 13.5. The lowest BCUT2D eigenvalue weighted by Gasteiger charge is -2.26. The highest BCUT2D eigenvalue weighted by atomic mass is 16.5. The molecule has 1 aliphatic rings. The summed E-state index contributed by atoms with van der Waals surface area (Å²) in [7, 11) is 0. The van der Waals surface area contributed by atoms with Crippen LogP contribution >= 0.6 is 0 Å². The normalized spacial score (nSPS) is 26.9. The Labute approximate surface area is 110 Å². The van der Waals surface area contributed by atoms with Crippen molar-refractivity contribution in [2.24, 2.45) is 0 Å². The number of aromatic nitrogens is 3. The van der Waals surface area contributed by atoms with Crippen molar-refractivity contribution in [2.75, 3.05) is 24.2 Å². The zero-order valence-electron chi connectivity index (χ0n) is 10.7. The lowest BCUT2D eigenvalue weighted by Crippen LogP contribution is -2.43. The second kappa shape index (κ2) is 4.36. The van der Waals surface area contributed by atoms with Crippen LogP contribution in [-0.4, -0.2) is 44.3 Å². The van der Waals surface area contributed by atoms with Crippen LogP contribution in [-0.2, 0) is 4.74 Å². The molecular weight excluding hydrogens is 246 g/mol. The first-order valence-electron chi connectivity index (χ1n) is 6.25. The van der Waals surface area contributed by atoms with Gasteiger partial charge in [-0.2, -0.15) is 0 Å². The number of anilines is 2. The maximum Gasteiger partial charge on any atom is 0.180 e. The number of nitrogens with zero attached hydrogens (tertiary/aromatic N) is 3. The van der Waals surface area contributed by atoms with Gasteiger partial charge in [0.05, 0.1) is 12.3 Å². The Morgan fingerprint density at radius 1 is 1.68 bits per heavy atom. The van der Waals surface area contributed by atoms with Gasteiger partial charge in [-0.1, -0.05) is 0 Å². The molecule has 102 valence electrons. The predicted molar refractivity (Wildman–Crippen MR) is 70.9 cm³/mol. The molecule has 19 heavy (non-hydrogen) atoms. The summed E-state index contributed by atoms with van der Waals surface area (Å²) >= 11 is 0. The fourth-order valence-corrected chi connectivity index (χ4v) is 2.31. The molecule has 0 spiro atoms. The van der Waals surface area contributed by atoms with Crippen LogP contribution < -0.4 is 11.1 Å². The SMILES string of the molecule is CC1OCCC1(O)CNc1nc(N)cn2ccnc12. The monoisotopic (exact) mass is 263 g/mol. The minimum atomic E-state index is -0.879. The number of ether oxygens (including phenoxy) is 1. The summed E-state index contributed by atoms with van der Waals surface area (Å²) in [6.45, 7) is 2.79. The second-order valence-corrected chi connectivity index (χ2v) is 4.89. The smallest absolute Gasteiger partial charge is 0.180 e. The third kappa shape index (κ3) is 2.11. The molecule has 2 atom stereocenters. The van der Waals surface area contributed by atoms with E-state index in [0.29, 0.717) is 36.9 Å². The second-order valence-electron chi connectivity index (χ2n) is 4.89. The Balaban J connectivity index is 1.83. The number of fused-ring (bicyclic) bond motifs is 1. The fourth-order valence-electron chi connectivity index (χ4n) is 2.31. The van der Waals surface area contributed by atoms with E-state index in [-0.39, 0.29) is 6.10 Å². The van der Waals surface area contributed by atoms with Crippen LogP contribution in [0.5, 0.6) is 0 Å². The fraction of sp³-hybridized carbons (Fsp3) is 0.500. The molecule has 1 saturated heterocycles. The summed E-state index contributed by atoms with van der Waals surface area (Å²) in [6.07, 6.45) is 5.58. The Morgan fingerprint density at radius 2 is 2.53 bits per heavy atom. The molecule has 3 heterocycles. The van der Waals surface area contributed by atoms with E-state index in [2.05, 4.69) is 15.3 Å². The molecule has 0 saturated carbocycles. The summed E-state index contributed by atoms with van der Waals surface area (Å²) in [6, 6.07) is 0. The lowest BCUT2D eigenvalue weighted by atomic mass is 9.97. The van der Waals surface area contributed by atoms with Gasteiger partial charge in [-0.3, -0.25) is 0 Å². The highest BCUT2D eigenvalue weighted by molar-refractivity contribution is 5.64. The van der Waals surface area contributed by atoms with Gasteiger partial charge in [-0.25, -0.2) is 9.97 Å². The Hall–Kier alpha value is -1.86. The number of aliphatic hydroxyl groups is 1. The number of nitrogen functional groups attached to an aromatic ring is 1. The number of imidazole rings is 1. The minimum Gasteiger partial charge on any atom is -0.385 e. The van der Waals surface area contributed by atoms with Crippen LogP contribution in [0.3, 0.4) is 0 Å². The van der Waals surface area contributed by atoms with E-state index < -0.39 is 5.60 Å². The molecule has 0 bridgehead atoms. The summed E-state index contributed by atoms with van der Waals surface area (Å²) in [5, 5.41) is 13.6. The van der Waals surface area contributed by atoms with Crippen molar-refractivity contribution >= 4 is 17.3 Å². The Kier molecular flexibility index (Phi) is 2.79. The molecule has 0 aromatic carbocycles. The number of rotatable bonds is 3. The average molecular weight is 263 g/mol. The van der Waals surface area contributed by atoms with Gasteiger partial charge in [0.2, 0.25) is 0 Å². The largest absolute Gasteiger partial charge is 0.385 e.